The molecule has 0 amide bonds. The number of alkyl halides is 1. The minimum Gasteiger partial charge on any atom is -0.382 e. The molecule has 1 aromatic carbocycles. The van der Waals surface area contributed by atoms with Gasteiger partial charge >= 0.3 is 0 Å². The normalized spacial score (nSPS) is 21.5. The highest BCUT2D eigenvalue weighted by Gasteiger charge is 2.14. The summed E-state index contributed by atoms with van der Waals surface area (Å²) in [5, 5.41) is 3.75. The monoisotopic (exact) mass is 199 g/mol. The molecule has 0 bridgehead atoms. The second-order valence-corrected chi connectivity index (χ2v) is 3.75. The van der Waals surface area contributed by atoms with Crippen molar-refractivity contribution in [2.24, 2.45) is 0 Å². The fourth-order valence-electron chi connectivity index (χ4n) is 1.57. The van der Waals surface area contributed by atoms with Gasteiger partial charge in [-0.25, -0.2) is 4.39 Å². The average Bonchev–Trinajstić information content (AvgIpc) is 2.29. The van der Waals surface area contributed by atoms with Crippen molar-refractivity contribution >= 4 is 17.3 Å². The van der Waals surface area contributed by atoms with Crippen LogP contribution in [0.15, 0.2) is 18.2 Å². The molecule has 1 aliphatic heterocycles. The average molecular weight is 200 g/mol. The number of nitrogens with one attached hydrogen (secondary N) is 1. The zero-order chi connectivity index (χ0) is 9.26. The van der Waals surface area contributed by atoms with Crippen molar-refractivity contribution in [1.29, 1.82) is 0 Å². The summed E-state index contributed by atoms with van der Waals surface area (Å²) in [4.78, 5) is 0. The summed E-state index contributed by atoms with van der Waals surface area (Å²) in [5.41, 5.74) is 2.14. The minimum atomic E-state index is -0.744. The van der Waals surface area contributed by atoms with Crippen LogP contribution in [-0.4, -0.2) is 12.7 Å². The highest BCUT2D eigenvalue weighted by molar-refractivity contribution is 6.30. The fourth-order valence-corrected chi connectivity index (χ4v) is 1.74. The molecule has 0 spiro atoms. The van der Waals surface area contributed by atoms with Gasteiger partial charge in [0.1, 0.15) is 6.17 Å². The highest BCUT2D eigenvalue weighted by Crippen LogP contribution is 2.25. The molecule has 13 heavy (non-hydrogen) atoms. The van der Waals surface area contributed by atoms with Crippen LogP contribution < -0.4 is 5.32 Å². The van der Waals surface area contributed by atoms with E-state index < -0.39 is 6.17 Å². The Morgan fingerprint density at radius 2 is 2.31 bits per heavy atom. The zero-order valence-corrected chi connectivity index (χ0v) is 7.94. The topological polar surface area (TPSA) is 12.0 Å². The van der Waals surface area contributed by atoms with Crippen LogP contribution in [0.3, 0.4) is 0 Å². The molecule has 1 aromatic rings. The van der Waals surface area contributed by atoms with Gasteiger partial charge in [-0.1, -0.05) is 17.7 Å². The first-order valence-corrected chi connectivity index (χ1v) is 4.80. The van der Waals surface area contributed by atoms with Crippen LogP contribution in [0.25, 0.3) is 0 Å². The Bertz CT molecular complexity index is 314. The van der Waals surface area contributed by atoms with Gasteiger partial charge in [-0.15, -0.1) is 0 Å². The number of fused-ring (bicyclic) bond motifs is 1. The molecule has 0 saturated carbocycles. The number of hydrogen-bond acceptors (Lipinski definition) is 1. The van der Waals surface area contributed by atoms with Crippen molar-refractivity contribution in [3.63, 3.8) is 0 Å². The van der Waals surface area contributed by atoms with Crippen molar-refractivity contribution in [3.05, 3.63) is 28.8 Å². The van der Waals surface area contributed by atoms with Gasteiger partial charge in [0.25, 0.3) is 0 Å². The maximum absolute atomic E-state index is 13.0. The van der Waals surface area contributed by atoms with E-state index in [-0.39, 0.29) is 0 Å². The third-order valence-corrected chi connectivity index (χ3v) is 2.55. The van der Waals surface area contributed by atoms with Gasteiger partial charge in [0.15, 0.2) is 0 Å². The molecule has 0 saturated heterocycles. The maximum Gasteiger partial charge on any atom is 0.118 e. The lowest BCUT2D eigenvalue weighted by molar-refractivity contribution is 0.333. The smallest absolute Gasteiger partial charge is 0.118 e. The summed E-state index contributed by atoms with van der Waals surface area (Å²) in [6.45, 7) is 0.396. The number of anilines is 1. The van der Waals surface area contributed by atoms with Crippen LogP contribution in [0.5, 0.6) is 0 Å². The second kappa shape index (κ2) is 3.54. The molecule has 1 heterocycles. The zero-order valence-electron chi connectivity index (χ0n) is 7.19. The van der Waals surface area contributed by atoms with E-state index in [2.05, 4.69) is 5.32 Å². The summed E-state index contributed by atoms with van der Waals surface area (Å²) in [7, 11) is 0. The van der Waals surface area contributed by atoms with E-state index in [4.69, 9.17) is 11.6 Å². The maximum atomic E-state index is 13.0. The van der Waals surface area contributed by atoms with Crippen LogP contribution in [0.2, 0.25) is 5.02 Å². The van der Waals surface area contributed by atoms with Crippen LogP contribution >= 0.6 is 11.6 Å². The van der Waals surface area contributed by atoms with Crippen molar-refractivity contribution in [3.8, 4) is 0 Å². The quantitative estimate of drug-likeness (QED) is 0.677. The van der Waals surface area contributed by atoms with E-state index in [1.165, 1.54) is 0 Å². The first-order valence-electron chi connectivity index (χ1n) is 4.42. The largest absolute Gasteiger partial charge is 0.382 e. The molecule has 1 atom stereocenters. The Morgan fingerprint density at radius 1 is 1.46 bits per heavy atom. The Balaban J connectivity index is 2.30. The lowest BCUT2D eigenvalue weighted by Crippen LogP contribution is -2.12. The van der Waals surface area contributed by atoms with Gasteiger partial charge < -0.3 is 5.32 Å². The Labute approximate surface area is 81.9 Å². The van der Waals surface area contributed by atoms with Crippen LogP contribution in [0.1, 0.15) is 12.0 Å². The predicted molar refractivity (Wildman–Crippen MR) is 53.2 cm³/mol. The molecule has 0 radical (unpaired) electrons. The van der Waals surface area contributed by atoms with Crippen LogP contribution in [0, 0.1) is 0 Å². The standard InChI is InChI=1S/C10H11ClFN/c11-8-3-1-7-2-4-9(12)6-13-10(7)5-8/h1,3,5,9,13H,2,4,6H2. The molecule has 1 unspecified atom stereocenters. The first kappa shape index (κ1) is 8.82. The summed E-state index contributed by atoms with van der Waals surface area (Å²) in [5.74, 6) is 0. The van der Waals surface area contributed by atoms with E-state index in [1.807, 2.05) is 18.2 Å². The second-order valence-electron chi connectivity index (χ2n) is 3.32. The Hall–Kier alpha value is -0.760. The van der Waals surface area contributed by atoms with Gasteiger partial charge in [0.2, 0.25) is 0 Å². The molecular formula is C10H11ClFN. The van der Waals surface area contributed by atoms with Crippen molar-refractivity contribution in [1.82, 2.24) is 0 Å². The Kier molecular flexibility index (Phi) is 2.40. The molecular weight excluding hydrogens is 189 g/mol. The predicted octanol–water partition coefficient (Wildman–Crippen LogP) is 3.04. The summed E-state index contributed by atoms with van der Waals surface area (Å²) in [6.07, 6.45) is 0.647. The molecule has 1 N–H and O–H groups in total. The van der Waals surface area contributed by atoms with Gasteiger partial charge in [0.05, 0.1) is 0 Å². The lowest BCUT2D eigenvalue weighted by atomic mass is 10.1. The molecule has 0 aromatic heterocycles. The summed E-state index contributed by atoms with van der Waals surface area (Å²) in [6, 6.07) is 5.66. The van der Waals surface area contributed by atoms with E-state index in [9.17, 15) is 4.39 Å². The molecule has 0 fully saturated rings. The Morgan fingerprint density at radius 3 is 3.15 bits per heavy atom. The van der Waals surface area contributed by atoms with E-state index in [0.717, 1.165) is 17.7 Å². The van der Waals surface area contributed by atoms with E-state index in [0.29, 0.717) is 18.0 Å². The van der Waals surface area contributed by atoms with E-state index in [1.54, 1.807) is 0 Å². The van der Waals surface area contributed by atoms with Gasteiger partial charge in [-0.05, 0) is 30.5 Å². The number of halogens is 2. The third-order valence-electron chi connectivity index (χ3n) is 2.31. The lowest BCUT2D eigenvalue weighted by Gasteiger charge is -2.07. The molecule has 0 aliphatic carbocycles. The minimum absolute atomic E-state index is 0.396. The number of hydrogen-bond donors (Lipinski definition) is 1. The van der Waals surface area contributed by atoms with E-state index >= 15 is 0 Å². The number of aryl methyl sites for hydroxylation is 1. The van der Waals surface area contributed by atoms with Crippen molar-refractivity contribution in [2.45, 2.75) is 19.0 Å². The molecule has 70 valence electrons. The van der Waals surface area contributed by atoms with Crippen LogP contribution in [0.4, 0.5) is 10.1 Å². The summed E-state index contributed by atoms with van der Waals surface area (Å²) < 4.78 is 13.0. The van der Waals surface area contributed by atoms with Gasteiger partial charge in [0, 0.05) is 17.3 Å². The number of benzene rings is 1. The number of rotatable bonds is 0. The molecule has 3 heteroatoms. The van der Waals surface area contributed by atoms with Gasteiger partial charge in [-0.3, -0.25) is 0 Å². The third kappa shape index (κ3) is 1.94. The fraction of sp³-hybridized carbons (Fsp3) is 0.400. The highest BCUT2D eigenvalue weighted by atomic mass is 35.5. The first-order chi connectivity index (χ1) is 6.25. The van der Waals surface area contributed by atoms with Crippen molar-refractivity contribution < 1.29 is 4.39 Å². The SMILES string of the molecule is FC1CCc2ccc(Cl)cc2NC1. The van der Waals surface area contributed by atoms with Gasteiger partial charge in [-0.2, -0.15) is 0 Å². The molecule has 2 rings (SSSR count). The summed E-state index contributed by atoms with van der Waals surface area (Å²) >= 11 is 5.83. The van der Waals surface area contributed by atoms with Crippen LogP contribution in [-0.2, 0) is 6.42 Å². The molecule has 1 aliphatic rings. The molecule has 1 nitrogen and oxygen atoms in total. The van der Waals surface area contributed by atoms with Crippen molar-refractivity contribution in [2.75, 3.05) is 11.9 Å².